The Balaban J connectivity index is 1.76. The lowest BCUT2D eigenvalue weighted by molar-refractivity contribution is 0.166. The van der Waals surface area contributed by atoms with E-state index < -0.39 is 26.9 Å². The van der Waals surface area contributed by atoms with E-state index >= 15 is 0 Å². The van der Waals surface area contributed by atoms with Crippen LogP contribution in [0.25, 0.3) is 11.4 Å². The third-order valence-corrected chi connectivity index (χ3v) is 8.26. The van der Waals surface area contributed by atoms with Crippen molar-refractivity contribution in [1.82, 2.24) is 29.7 Å². The molecule has 0 radical (unpaired) electrons. The van der Waals surface area contributed by atoms with E-state index in [1.807, 2.05) is 13.0 Å². The Bertz CT molecular complexity index is 1500. The van der Waals surface area contributed by atoms with Gasteiger partial charge >= 0.3 is 0 Å². The van der Waals surface area contributed by atoms with E-state index in [1.165, 1.54) is 19.3 Å². The van der Waals surface area contributed by atoms with Crippen molar-refractivity contribution in [3.05, 3.63) is 77.4 Å². The van der Waals surface area contributed by atoms with Crippen molar-refractivity contribution in [1.29, 1.82) is 0 Å². The molecule has 3 heterocycles. The summed E-state index contributed by atoms with van der Waals surface area (Å²) in [4.78, 5) is 12.4. The van der Waals surface area contributed by atoms with Gasteiger partial charge in [-0.15, -0.1) is 10.2 Å². The van der Waals surface area contributed by atoms with Crippen LogP contribution < -0.4 is 9.47 Å². The second-order valence-corrected chi connectivity index (χ2v) is 11.4. The van der Waals surface area contributed by atoms with Gasteiger partial charge in [0.15, 0.2) is 21.5 Å². The van der Waals surface area contributed by atoms with Crippen LogP contribution in [0.2, 0.25) is 0 Å². The molecule has 12 heteroatoms. The van der Waals surface area contributed by atoms with Crippen molar-refractivity contribution in [3.63, 3.8) is 0 Å². The van der Waals surface area contributed by atoms with E-state index in [0.29, 0.717) is 28.5 Å². The molecule has 0 aliphatic rings. The van der Waals surface area contributed by atoms with E-state index in [2.05, 4.69) is 25.1 Å². The van der Waals surface area contributed by atoms with Crippen LogP contribution in [-0.2, 0) is 22.1 Å². The first-order valence-electron chi connectivity index (χ1n) is 11.9. The zero-order chi connectivity index (χ0) is 27.4. The lowest BCUT2D eigenvalue weighted by atomic mass is 10.1. The predicted molar refractivity (Wildman–Crippen MR) is 140 cm³/mol. The Kier molecular flexibility index (Phi) is 8.02. The zero-order valence-electron chi connectivity index (χ0n) is 21.9. The minimum atomic E-state index is -3.93. The number of rotatable bonds is 10. The Hall–Kier alpha value is -3.90. The first-order valence-corrected chi connectivity index (χ1v) is 13.6. The Morgan fingerprint density at radius 1 is 0.974 bits per heavy atom. The molecule has 0 spiro atoms. The van der Waals surface area contributed by atoms with Crippen LogP contribution in [0.3, 0.4) is 0 Å². The van der Waals surface area contributed by atoms with Gasteiger partial charge in [0.05, 0.1) is 31.6 Å². The first-order chi connectivity index (χ1) is 18.1. The normalized spacial score (nSPS) is 13.2. The number of aliphatic hydroxyl groups is 1. The first kappa shape index (κ1) is 27.1. The minimum Gasteiger partial charge on any atom is -0.496 e. The standard InChI is InChI=1S/C26H30N6O5S/c1-16-9-19(13-27-10-16)26-31-30-23(32(26)14-20-21(36-4)7-6-8-22(20)37-5)15-38(34,35)18(3)24(33)25-28-11-17(2)12-29-25/h6-13,18,24,33H,14-15H2,1-5H3/t18-,24-/m0/s1. The molecule has 0 saturated heterocycles. The van der Waals surface area contributed by atoms with Gasteiger partial charge in [0, 0.05) is 30.4 Å². The second kappa shape index (κ2) is 11.2. The van der Waals surface area contributed by atoms with Gasteiger partial charge in [-0.25, -0.2) is 18.4 Å². The molecule has 0 bridgehead atoms. The van der Waals surface area contributed by atoms with Crippen LogP contribution in [0, 0.1) is 13.8 Å². The largest absolute Gasteiger partial charge is 0.496 e. The molecule has 0 aliphatic carbocycles. The molecule has 38 heavy (non-hydrogen) atoms. The molecule has 0 unspecified atom stereocenters. The SMILES string of the molecule is COc1cccc(OC)c1Cn1c(CS(=O)(=O)[C@@H](C)[C@H](O)c2ncc(C)cn2)nnc1-c1cncc(C)c1. The molecule has 4 aromatic rings. The van der Waals surface area contributed by atoms with Gasteiger partial charge < -0.3 is 19.1 Å². The van der Waals surface area contributed by atoms with Crippen LogP contribution in [0.4, 0.5) is 0 Å². The number of ether oxygens (including phenoxy) is 2. The van der Waals surface area contributed by atoms with Crippen molar-refractivity contribution in [2.45, 2.75) is 44.4 Å². The van der Waals surface area contributed by atoms with Crippen LogP contribution >= 0.6 is 0 Å². The van der Waals surface area contributed by atoms with Crippen molar-refractivity contribution in [3.8, 4) is 22.9 Å². The van der Waals surface area contributed by atoms with Crippen molar-refractivity contribution in [2.75, 3.05) is 14.2 Å². The summed E-state index contributed by atoms with van der Waals surface area (Å²) in [7, 11) is -0.820. The Morgan fingerprint density at radius 2 is 1.63 bits per heavy atom. The highest BCUT2D eigenvalue weighted by molar-refractivity contribution is 7.91. The van der Waals surface area contributed by atoms with E-state index in [0.717, 1.165) is 11.1 Å². The molecule has 200 valence electrons. The molecule has 0 aliphatic heterocycles. The Morgan fingerprint density at radius 3 is 2.24 bits per heavy atom. The minimum absolute atomic E-state index is 0.0402. The summed E-state index contributed by atoms with van der Waals surface area (Å²) < 4.78 is 39.8. The Labute approximate surface area is 221 Å². The van der Waals surface area contributed by atoms with Crippen LogP contribution in [0.1, 0.15) is 41.4 Å². The molecule has 1 N–H and O–H groups in total. The number of benzene rings is 1. The van der Waals surface area contributed by atoms with Gasteiger partial charge in [-0.2, -0.15) is 0 Å². The van der Waals surface area contributed by atoms with E-state index in [4.69, 9.17) is 9.47 Å². The molecule has 3 aromatic heterocycles. The van der Waals surface area contributed by atoms with Gasteiger partial charge in [0.1, 0.15) is 29.2 Å². The molecule has 0 amide bonds. The third-order valence-electron chi connectivity index (χ3n) is 6.21. The number of methoxy groups -OCH3 is 2. The molecule has 11 nitrogen and oxygen atoms in total. The molecule has 0 fully saturated rings. The summed E-state index contributed by atoms with van der Waals surface area (Å²) in [5.41, 5.74) is 3.08. The maximum atomic E-state index is 13.5. The van der Waals surface area contributed by atoms with E-state index in [1.54, 1.807) is 56.3 Å². The summed E-state index contributed by atoms with van der Waals surface area (Å²) in [5.74, 6) is 1.34. The summed E-state index contributed by atoms with van der Waals surface area (Å²) >= 11 is 0. The summed E-state index contributed by atoms with van der Waals surface area (Å²) in [6, 6.07) is 7.30. The number of aromatic nitrogens is 6. The number of sulfone groups is 1. The fraction of sp³-hybridized carbons (Fsp3) is 0.346. The molecule has 4 rings (SSSR count). The predicted octanol–water partition coefficient (Wildman–Crippen LogP) is 2.85. The smallest absolute Gasteiger partial charge is 0.165 e. The molecular weight excluding hydrogens is 508 g/mol. The molecule has 2 atom stereocenters. The highest BCUT2D eigenvalue weighted by Gasteiger charge is 2.33. The van der Waals surface area contributed by atoms with E-state index in [9.17, 15) is 13.5 Å². The summed E-state index contributed by atoms with van der Waals surface area (Å²) in [6.45, 7) is 5.31. The fourth-order valence-electron chi connectivity index (χ4n) is 4.01. The number of aryl methyl sites for hydroxylation is 2. The van der Waals surface area contributed by atoms with E-state index in [-0.39, 0.29) is 18.2 Å². The lowest BCUT2D eigenvalue weighted by Crippen LogP contribution is -2.29. The second-order valence-electron chi connectivity index (χ2n) is 8.99. The van der Waals surface area contributed by atoms with Crippen LogP contribution in [-0.4, -0.2) is 62.7 Å². The number of hydrogen-bond acceptors (Lipinski definition) is 10. The highest BCUT2D eigenvalue weighted by atomic mass is 32.2. The van der Waals surface area contributed by atoms with Crippen molar-refractivity contribution in [2.24, 2.45) is 0 Å². The quantitative estimate of drug-likeness (QED) is 0.320. The molecule has 1 aromatic carbocycles. The van der Waals surface area contributed by atoms with Gasteiger partial charge in [-0.3, -0.25) is 4.98 Å². The fourth-order valence-corrected chi connectivity index (χ4v) is 5.36. The number of nitrogens with zero attached hydrogens (tertiary/aromatic N) is 6. The van der Waals surface area contributed by atoms with Gasteiger partial charge in [-0.1, -0.05) is 6.07 Å². The van der Waals surface area contributed by atoms with Gasteiger partial charge in [0.2, 0.25) is 0 Å². The third kappa shape index (κ3) is 5.65. The molecule has 0 saturated carbocycles. The number of aliphatic hydroxyl groups excluding tert-OH is 1. The topological polar surface area (TPSA) is 142 Å². The maximum Gasteiger partial charge on any atom is 0.165 e. The van der Waals surface area contributed by atoms with Gasteiger partial charge in [-0.05, 0) is 50.1 Å². The zero-order valence-corrected chi connectivity index (χ0v) is 22.7. The highest BCUT2D eigenvalue weighted by Crippen LogP contribution is 2.32. The monoisotopic (exact) mass is 538 g/mol. The number of hydrogen-bond donors (Lipinski definition) is 1. The van der Waals surface area contributed by atoms with Crippen molar-refractivity contribution < 1.29 is 23.0 Å². The summed E-state index contributed by atoms with van der Waals surface area (Å²) in [6.07, 6.45) is 5.02. The van der Waals surface area contributed by atoms with Crippen molar-refractivity contribution >= 4 is 9.84 Å². The number of pyridine rings is 1. The summed E-state index contributed by atoms with van der Waals surface area (Å²) in [5, 5.41) is 18.1. The average molecular weight is 539 g/mol. The maximum absolute atomic E-state index is 13.5. The average Bonchev–Trinajstić information content (AvgIpc) is 3.29. The van der Waals surface area contributed by atoms with Gasteiger partial charge in [0.25, 0.3) is 0 Å². The molecular formula is C26H30N6O5S. The van der Waals surface area contributed by atoms with Crippen LogP contribution in [0.5, 0.6) is 11.5 Å². The van der Waals surface area contributed by atoms with Crippen LogP contribution in [0.15, 0.2) is 49.1 Å². The lowest BCUT2D eigenvalue weighted by Gasteiger charge is -2.19.